The minimum atomic E-state index is 0. The highest BCUT2D eigenvalue weighted by atomic mass is 15.2. The van der Waals surface area contributed by atoms with Crippen LogP contribution in [-0.4, -0.2) is 49.6 Å². The van der Waals surface area contributed by atoms with Gasteiger partial charge in [0.2, 0.25) is 0 Å². The number of unbranched alkanes of at least 4 members (excludes halogenated alkanes) is 17. The van der Waals surface area contributed by atoms with Gasteiger partial charge in [0.25, 0.3) is 0 Å². The quantitative estimate of drug-likeness (QED) is 0.120. The Bertz CT molecular complexity index is 318. The minimum Gasteiger partial charge on any atom is -0.305 e. The zero-order chi connectivity index (χ0) is 22.8. The van der Waals surface area contributed by atoms with E-state index in [1.54, 1.807) is 0 Å². The second-order valence-electron chi connectivity index (χ2n) is 10.2. The van der Waals surface area contributed by atoms with Gasteiger partial charge < -0.3 is 9.80 Å². The largest absolute Gasteiger partial charge is 0.305 e. The van der Waals surface area contributed by atoms with Gasteiger partial charge >= 0.3 is 0 Å². The fourth-order valence-corrected chi connectivity index (χ4v) is 4.51. The third-order valence-electron chi connectivity index (χ3n) is 6.85. The standard InChI is InChI=1S/C29H62N2.CH4/c1-5-8-11-14-17-19-22-25-30(4)28-29-31(26-23-20-16-13-10-7-3)27-24-21-18-15-12-9-6-2;/h5-29H2,1-4H3;1H4. The highest BCUT2D eigenvalue weighted by Crippen LogP contribution is 2.10. The molecule has 0 spiro atoms. The Morgan fingerprint density at radius 3 is 1.03 bits per heavy atom. The smallest absolute Gasteiger partial charge is 0.0109 e. The molecule has 0 aromatic rings. The van der Waals surface area contributed by atoms with Gasteiger partial charge in [-0.25, -0.2) is 0 Å². The molecule has 32 heavy (non-hydrogen) atoms. The summed E-state index contributed by atoms with van der Waals surface area (Å²) >= 11 is 0. The van der Waals surface area contributed by atoms with E-state index < -0.39 is 0 Å². The van der Waals surface area contributed by atoms with Crippen LogP contribution in [0.15, 0.2) is 0 Å². The number of hydrogen-bond donors (Lipinski definition) is 0. The lowest BCUT2D eigenvalue weighted by Crippen LogP contribution is -2.35. The van der Waals surface area contributed by atoms with Crippen molar-refractivity contribution >= 4 is 0 Å². The second kappa shape index (κ2) is 29.0. The van der Waals surface area contributed by atoms with Crippen molar-refractivity contribution in [3.05, 3.63) is 0 Å². The van der Waals surface area contributed by atoms with Crippen LogP contribution in [0.2, 0.25) is 0 Å². The van der Waals surface area contributed by atoms with Gasteiger partial charge in [-0.1, -0.05) is 137 Å². The number of nitrogens with zero attached hydrogens (tertiary/aromatic N) is 2. The van der Waals surface area contributed by atoms with E-state index in [2.05, 4.69) is 37.6 Å². The minimum absolute atomic E-state index is 0. The first-order valence-electron chi connectivity index (χ1n) is 14.6. The fourth-order valence-electron chi connectivity index (χ4n) is 4.51. The maximum atomic E-state index is 2.78. The Labute approximate surface area is 206 Å². The van der Waals surface area contributed by atoms with E-state index in [-0.39, 0.29) is 7.43 Å². The molecule has 0 heterocycles. The molecule has 0 aromatic carbocycles. The van der Waals surface area contributed by atoms with E-state index >= 15 is 0 Å². The van der Waals surface area contributed by atoms with Crippen molar-refractivity contribution in [1.82, 2.24) is 9.80 Å². The molecule has 0 aliphatic heterocycles. The van der Waals surface area contributed by atoms with E-state index in [1.165, 1.54) is 161 Å². The summed E-state index contributed by atoms with van der Waals surface area (Å²) in [5.41, 5.74) is 0. The van der Waals surface area contributed by atoms with Gasteiger partial charge in [-0.15, -0.1) is 0 Å². The van der Waals surface area contributed by atoms with Crippen molar-refractivity contribution in [3.8, 4) is 0 Å². The van der Waals surface area contributed by atoms with Crippen molar-refractivity contribution in [2.75, 3.05) is 39.8 Å². The number of likely N-dealkylation sites (N-methyl/N-ethyl adjacent to an activating group) is 1. The van der Waals surface area contributed by atoms with Crippen LogP contribution in [0.4, 0.5) is 0 Å². The molecule has 196 valence electrons. The molecule has 0 aliphatic carbocycles. The molecule has 0 aromatic heterocycles. The highest BCUT2D eigenvalue weighted by molar-refractivity contribution is 4.63. The predicted octanol–water partition coefficient (Wildman–Crippen LogP) is 9.72. The molecule has 2 nitrogen and oxygen atoms in total. The molecule has 0 aliphatic rings. The van der Waals surface area contributed by atoms with E-state index in [1.807, 2.05) is 0 Å². The van der Waals surface area contributed by atoms with Crippen LogP contribution in [0.3, 0.4) is 0 Å². The SMILES string of the molecule is C.CCCCCCCCCN(C)CCN(CCCCCCCC)CCCCCCCCC. The Kier molecular flexibility index (Phi) is 30.8. The van der Waals surface area contributed by atoms with Crippen LogP contribution in [0, 0.1) is 0 Å². The van der Waals surface area contributed by atoms with Crippen LogP contribution in [-0.2, 0) is 0 Å². The van der Waals surface area contributed by atoms with Gasteiger partial charge in [0.15, 0.2) is 0 Å². The molecule has 0 bridgehead atoms. The summed E-state index contributed by atoms with van der Waals surface area (Å²) in [5, 5.41) is 0. The van der Waals surface area contributed by atoms with Gasteiger partial charge in [-0.3, -0.25) is 0 Å². The molecule has 0 atom stereocenters. The van der Waals surface area contributed by atoms with Crippen LogP contribution in [0.1, 0.15) is 157 Å². The average Bonchev–Trinajstić information content (AvgIpc) is 2.77. The van der Waals surface area contributed by atoms with Crippen molar-refractivity contribution in [1.29, 1.82) is 0 Å². The Hall–Kier alpha value is -0.0800. The summed E-state index contributed by atoms with van der Waals surface area (Å²) < 4.78 is 0. The summed E-state index contributed by atoms with van der Waals surface area (Å²) in [6, 6.07) is 0. The van der Waals surface area contributed by atoms with E-state index in [0.717, 1.165) is 0 Å². The summed E-state index contributed by atoms with van der Waals surface area (Å²) in [6.45, 7) is 13.4. The third kappa shape index (κ3) is 26.2. The predicted molar refractivity (Wildman–Crippen MR) is 150 cm³/mol. The first kappa shape index (κ1) is 34.1. The molecular weight excluding hydrogens is 388 g/mol. The Morgan fingerprint density at radius 1 is 0.344 bits per heavy atom. The lowest BCUT2D eigenvalue weighted by molar-refractivity contribution is 0.215. The zero-order valence-electron chi connectivity index (χ0n) is 22.6. The molecule has 0 N–H and O–H groups in total. The van der Waals surface area contributed by atoms with Gasteiger partial charge in [0, 0.05) is 13.1 Å². The van der Waals surface area contributed by atoms with Gasteiger partial charge in [0.1, 0.15) is 0 Å². The van der Waals surface area contributed by atoms with Crippen LogP contribution >= 0.6 is 0 Å². The lowest BCUT2D eigenvalue weighted by atomic mass is 10.1. The monoisotopic (exact) mass is 455 g/mol. The maximum absolute atomic E-state index is 2.78. The van der Waals surface area contributed by atoms with Crippen LogP contribution in [0.25, 0.3) is 0 Å². The van der Waals surface area contributed by atoms with Crippen LogP contribution in [0.5, 0.6) is 0 Å². The first-order chi connectivity index (χ1) is 15.2. The molecule has 0 amide bonds. The van der Waals surface area contributed by atoms with Crippen molar-refractivity contribution in [2.45, 2.75) is 157 Å². The summed E-state index contributed by atoms with van der Waals surface area (Å²) in [4.78, 5) is 5.37. The summed E-state index contributed by atoms with van der Waals surface area (Å²) in [7, 11) is 2.34. The summed E-state index contributed by atoms with van der Waals surface area (Å²) in [5.74, 6) is 0. The number of hydrogen-bond acceptors (Lipinski definition) is 2. The van der Waals surface area contributed by atoms with Gasteiger partial charge in [-0.2, -0.15) is 0 Å². The highest BCUT2D eigenvalue weighted by Gasteiger charge is 2.07. The molecular formula is C30H66N2. The van der Waals surface area contributed by atoms with Gasteiger partial charge in [-0.05, 0) is 45.9 Å². The summed E-state index contributed by atoms with van der Waals surface area (Å²) in [6.07, 6.45) is 28.4. The molecule has 2 heteroatoms. The Balaban J connectivity index is 0. The molecule has 0 radical (unpaired) electrons. The Morgan fingerprint density at radius 2 is 0.656 bits per heavy atom. The van der Waals surface area contributed by atoms with Crippen molar-refractivity contribution in [2.24, 2.45) is 0 Å². The van der Waals surface area contributed by atoms with E-state index in [4.69, 9.17) is 0 Å². The topological polar surface area (TPSA) is 6.48 Å². The van der Waals surface area contributed by atoms with Gasteiger partial charge in [0.05, 0.1) is 0 Å². The van der Waals surface area contributed by atoms with E-state index in [0.29, 0.717) is 0 Å². The number of rotatable bonds is 26. The lowest BCUT2D eigenvalue weighted by Gasteiger charge is -2.25. The first-order valence-corrected chi connectivity index (χ1v) is 14.6. The maximum Gasteiger partial charge on any atom is 0.0109 e. The molecule has 0 saturated heterocycles. The molecule has 0 rings (SSSR count). The van der Waals surface area contributed by atoms with Crippen molar-refractivity contribution in [3.63, 3.8) is 0 Å². The van der Waals surface area contributed by atoms with Crippen LogP contribution < -0.4 is 0 Å². The fraction of sp³-hybridized carbons (Fsp3) is 1.00. The van der Waals surface area contributed by atoms with Crippen molar-refractivity contribution < 1.29 is 0 Å². The van der Waals surface area contributed by atoms with E-state index in [9.17, 15) is 0 Å². The molecule has 0 unspecified atom stereocenters. The zero-order valence-corrected chi connectivity index (χ0v) is 22.6. The average molecular weight is 455 g/mol. The molecule has 0 fully saturated rings. The molecule has 0 saturated carbocycles. The third-order valence-corrected chi connectivity index (χ3v) is 6.85. The second-order valence-corrected chi connectivity index (χ2v) is 10.2. The normalized spacial score (nSPS) is 11.4.